The Morgan fingerprint density at radius 2 is 2.04 bits per heavy atom. The van der Waals surface area contributed by atoms with Crippen LogP contribution in [0.25, 0.3) is 11.1 Å². The summed E-state index contributed by atoms with van der Waals surface area (Å²) in [5.41, 5.74) is 2.23. The molecule has 0 bridgehead atoms. The van der Waals surface area contributed by atoms with Crippen molar-refractivity contribution in [2.24, 2.45) is 0 Å². The molecule has 0 atom stereocenters. The molecule has 4 rings (SSSR count). The van der Waals surface area contributed by atoms with Gasteiger partial charge in [-0.25, -0.2) is 4.79 Å². The summed E-state index contributed by atoms with van der Waals surface area (Å²) >= 11 is 1.50. The number of hydrogen-bond acceptors (Lipinski definition) is 6. The number of aromatic nitrogens is 3. The predicted octanol–water partition coefficient (Wildman–Crippen LogP) is 3.99. The van der Waals surface area contributed by atoms with Crippen LogP contribution in [0.15, 0.2) is 58.5 Å². The second-order valence-corrected chi connectivity index (χ2v) is 6.70. The summed E-state index contributed by atoms with van der Waals surface area (Å²) in [5.74, 6) is 0.343. The van der Waals surface area contributed by atoms with E-state index in [0.717, 1.165) is 27.5 Å². The third-order valence-electron chi connectivity index (χ3n) is 4.00. The van der Waals surface area contributed by atoms with Crippen molar-refractivity contribution >= 4 is 17.3 Å². The number of carbonyl (C=O) groups is 1. The molecule has 1 aromatic carbocycles. The number of thiophene rings is 1. The molecule has 0 fully saturated rings. The van der Waals surface area contributed by atoms with Gasteiger partial charge in [-0.05, 0) is 17.7 Å². The minimum absolute atomic E-state index is 0.0690. The van der Waals surface area contributed by atoms with Crippen LogP contribution in [0.5, 0.6) is 5.75 Å². The number of H-pyrrole nitrogens is 1. The summed E-state index contributed by atoms with van der Waals surface area (Å²) < 4.78 is 11.3. The van der Waals surface area contributed by atoms with E-state index in [9.17, 15) is 9.90 Å². The lowest BCUT2D eigenvalue weighted by Crippen LogP contribution is -2.02. The molecule has 0 unspecified atom stereocenters. The van der Waals surface area contributed by atoms with Gasteiger partial charge in [-0.2, -0.15) is 10.3 Å². The molecule has 7 nitrogen and oxygen atoms in total. The number of nitrogens with one attached hydrogen (secondary N) is 1. The van der Waals surface area contributed by atoms with Gasteiger partial charge in [0.25, 0.3) is 0 Å². The molecule has 0 aliphatic rings. The summed E-state index contributed by atoms with van der Waals surface area (Å²) in [7, 11) is 0. The van der Waals surface area contributed by atoms with Gasteiger partial charge in [0.1, 0.15) is 23.8 Å². The number of carboxylic acids is 1. The smallest absolute Gasteiger partial charge is 0.358 e. The molecular weight excluding hydrogens is 366 g/mol. The van der Waals surface area contributed by atoms with E-state index in [1.165, 1.54) is 11.3 Å². The van der Waals surface area contributed by atoms with Gasteiger partial charge in [-0.3, -0.25) is 0 Å². The van der Waals surface area contributed by atoms with Crippen LogP contribution in [-0.2, 0) is 13.0 Å². The molecule has 0 aliphatic carbocycles. The standard InChI is InChI=1S/C19H15N3O4S/c23-19(24)18-14(20-22-21-18)9-16-17(12-5-2-1-3-6-12)15(11-27-16)26-10-13-7-4-8-25-13/h1-8,11H,9-10H2,(H,23,24)(H,20,21,22). The third-order valence-corrected chi connectivity index (χ3v) is 4.96. The monoisotopic (exact) mass is 381 g/mol. The summed E-state index contributed by atoms with van der Waals surface area (Å²) in [6.07, 6.45) is 1.95. The Bertz CT molecular complexity index is 1040. The normalized spacial score (nSPS) is 10.8. The molecule has 2 N–H and O–H groups in total. The van der Waals surface area contributed by atoms with E-state index in [-0.39, 0.29) is 5.69 Å². The number of benzene rings is 1. The van der Waals surface area contributed by atoms with Gasteiger partial charge in [-0.1, -0.05) is 30.3 Å². The lowest BCUT2D eigenvalue weighted by atomic mass is 10.0. The average molecular weight is 381 g/mol. The van der Waals surface area contributed by atoms with E-state index < -0.39 is 5.97 Å². The molecule has 3 heterocycles. The summed E-state index contributed by atoms with van der Waals surface area (Å²) in [5, 5.41) is 21.3. The van der Waals surface area contributed by atoms with Crippen LogP contribution in [-0.4, -0.2) is 26.5 Å². The fourth-order valence-electron chi connectivity index (χ4n) is 2.77. The molecule has 0 radical (unpaired) electrons. The highest BCUT2D eigenvalue weighted by molar-refractivity contribution is 7.10. The van der Waals surface area contributed by atoms with Crippen LogP contribution in [0.3, 0.4) is 0 Å². The Hall–Kier alpha value is -3.39. The van der Waals surface area contributed by atoms with Gasteiger partial charge in [0.15, 0.2) is 5.69 Å². The second kappa shape index (κ2) is 7.46. The van der Waals surface area contributed by atoms with Crippen LogP contribution in [0.1, 0.15) is 26.8 Å². The quantitative estimate of drug-likeness (QED) is 0.502. The van der Waals surface area contributed by atoms with E-state index in [1.54, 1.807) is 6.26 Å². The van der Waals surface area contributed by atoms with Crippen molar-refractivity contribution in [3.8, 4) is 16.9 Å². The Kier molecular flexibility index (Phi) is 4.71. The van der Waals surface area contributed by atoms with E-state index in [0.29, 0.717) is 18.7 Å². The number of rotatable bonds is 7. The first kappa shape index (κ1) is 17.0. The summed E-state index contributed by atoms with van der Waals surface area (Å²) in [6, 6.07) is 13.5. The van der Waals surface area contributed by atoms with Crippen LogP contribution >= 0.6 is 11.3 Å². The third kappa shape index (κ3) is 3.61. The molecule has 136 valence electrons. The largest absolute Gasteiger partial charge is 0.484 e. The molecule has 0 aliphatic heterocycles. The number of carboxylic acid groups (broad SMARTS) is 1. The van der Waals surface area contributed by atoms with Crippen molar-refractivity contribution in [2.45, 2.75) is 13.0 Å². The Morgan fingerprint density at radius 3 is 2.78 bits per heavy atom. The average Bonchev–Trinajstić information content (AvgIpc) is 3.42. The molecule has 0 saturated carbocycles. The first-order valence-corrected chi connectivity index (χ1v) is 9.04. The predicted molar refractivity (Wildman–Crippen MR) is 98.9 cm³/mol. The minimum Gasteiger partial charge on any atom is -0.484 e. The molecule has 3 aromatic heterocycles. The van der Waals surface area contributed by atoms with Crippen LogP contribution in [0.4, 0.5) is 0 Å². The van der Waals surface area contributed by atoms with Crippen LogP contribution < -0.4 is 4.74 Å². The minimum atomic E-state index is -1.11. The number of hydrogen-bond donors (Lipinski definition) is 2. The van der Waals surface area contributed by atoms with Gasteiger partial charge in [0.05, 0.1) is 6.26 Å². The highest BCUT2D eigenvalue weighted by Crippen LogP contribution is 2.40. The fourth-order valence-corrected chi connectivity index (χ4v) is 3.76. The van der Waals surface area contributed by atoms with Crippen molar-refractivity contribution < 1.29 is 19.1 Å². The second-order valence-electron chi connectivity index (χ2n) is 5.73. The maximum Gasteiger partial charge on any atom is 0.358 e. The van der Waals surface area contributed by atoms with Gasteiger partial charge < -0.3 is 14.3 Å². The maximum absolute atomic E-state index is 11.3. The van der Waals surface area contributed by atoms with Gasteiger partial charge in [-0.15, -0.1) is 16.4 Å². The van der Waals surface area contributed by atoms with Crippen LogP contribution in [0, 0.1) is 0 Å². The van der Waals surface area contributed by atoms with Crippen molar-refractivity contribution in [2.75, 3.05) is 0 Å². The van der Waals surface area contributed by atoms with Crippen molar-refractivity contribution in [1.29, 1.82) is 0 Å². The molecule has 0 saturated heterocycles. The molecule has 8 heteroatoms. The summed E-state index contributed by atoms with van der Waals surface area (Å²) in [6.45, 7) is 0.313. The number of nitrogens with zero attached hydrogens (tertiary/aromatic N) is 2. The number of aromatic carboxylic acids is 1. The summed E-state index contributed by atoms with van der Waals surface area (Å²) in [4.78, 5) is 12.3. The molecule has 0 spiro atoms. The molecular formula is C19H15N3O4S. The molecule has 0 amide bonds. The first-order valence-electron chi connectivity index (χ1n) is 8.16. The maximum atomic E-state index is 11.3. The topological polar surface area (TPSA) is 101 Å². The lowest BCUT2D eigenvalue weighted by molar-refractivity contribution is 0.0689. The number of ether oxygens (including phenoxy) is 1. The Balaban J connectivity index is 1.68. The van der Waals surface area contributed by atoms with E-state index >= 15 is 0 Å². The zero-order chi connectivity index (χ0) is 18.6. The number of furan rings is 1. The highest BCUT2D eigenvalue weighted by Gasteiger charge is 2.21. The van der Waals surface area contributed by atoms with Crippen LogP contribution in [0.2, 0.25) is 0 Å². The van der Waals surface area contributed by atoms with Gasteiger partial charge in [0.2, 0.25) is 0 Å². The fraction of sp³-hybridized carbons (Fsp3) is 0.105. The SMILES string of the molecule is O=C(O)c1n[nH]nc1Cc1scc(OCc2ccco2)c1-c1ccccc1. The first-order chi connectivity index (χ1) is 13.2. The van der Waals surface area contributed by atoms with E-state index in [4.69, 9.17) is 9.15 Å². The lowest BCUT2D eigenvalue weighted by Gasteiger charge is -2.09. The highest BCUT2D eigenvalue weighted by atomic mass is 32.1. The van der Waals surface area contributed by atoms with Crippen molar-refractivity contribution in [3.05, 3.63) is 76.1 Å². The van der Waals surface area contributed by atoms with E-state index in [1.807, 2.05) is 47.8 Å². The van der Waals surface area contributed by atoms with Gasteiger partial charge >= 0.3 is 5.97 Å². The van der Waals surface area contributed by atoms with Crippen molar-refractivity contribution in [3.63, 3.8) is 0 Å². The van der Waals surface area contributed by atoms with Gasteiger partial charge in [0, 0.05) is 22.2 Å². The van der Waals surface area contributed by atoms with Crippen molar-refractivity contribution in [1.82, 2.24) is 15.4 Å². The Morgan fingerprint density at radius 1 is 1.19 bits per heavy atom. The van der Waals surface area contributed by atoms with E-state index in [2.05, 4.69) is 15.4 Å². The Labute approximate surface area is 158 Å². The molecule has 4 aromatic rings. The number of aromatic amines is 1. The zero-order valence-corrected chi connectivity index (χ0v) is 14.9. The zero-order valence-electron chi connectivity index (χ0n) is 14.1. The molecule has 27 heavy (non-hydrogen) atoms.